The Kier molecular flexibility index (Phi) is 5.53. The summed E-state index contributed by atoms with van der Waals surface area (Å²) in [5.74, 6) is -0.977. The van der Waals surface area contributed by atoms with Gasteiger partial charge < -0.3 is 5.11 Å². The van der Waals surface area contributed by atoms with Crippen molar-refractivity contribution in [3.63, 3.8) is 0 Å². The van der Waals surface area contributed by atoms with Gasteiger partial charge in [-0.3, -0.25) is 0 Å². The molecule has 2 nitrogen and oxygen atoms in total. The first-order chi connectivity index (χ1) is 14.3. The Bertz CT molecular complexity index is 1130. The number of halogens is 1. The predicted molar refractivity (Wildman–Crippen MR) is 126 cm³/mol. The number of aromatic carboxylic acids is 1. The second kappa shape index (κ2) is 8.12. The molecule has 1 N–H and O–H groups in total. The van der Waals surface area contributed by atoms with Crippen LogP contribution in [0.15, 0.2) is 66.3 Å². The Morgan fingerprint density at radius 2 is 1.90 bits per heavy atom. The van der Waals surface area contributed by atoms with E-state index in [-0.39, 0.29) is 11.0 Å². The molecule has 0 fully saturated rings. The molecule has 0 heterocycles. The molecule has 0 atom stereocenters. The Hall–Kier alpha value is -2.84. The zero-order valence-corrected chi connectivity index (χ0v) is 18.0. The Morgan fingerprint density at radius 3 is 2.60 bits per heavy atom. The van der Waals surface area contributed by atoms with Crippen molar-refractivity contribution in [2.24, 2.45) is 0 Å². The second-order valence-electron chi connectivity index (χ2n) is 8.52. The van der Waals surface area contributed by atoms with Crippen LogP contribution < -0.4 is 0 Å². The van der Waals surface area contributed by atoms with Crippen LogP contribution in [0.5, 0.6) is 0 Å². The van der Waals surface area contributed by atoms with Crippen molar-refractivity contribution < 1.29 is 9.90 Å². The van der Waals surface area contributed by atoms with Crippen molar-refractivity contribution in [1.29, 1.82) is 0 Å². The van der Waals surface area contributed by atoms with Crippen molar-refractivity contribution in [3.05, 3.63) is 99.1 Å². The third kappa shape index (κ3) is 4.06. The highest BCUT2D eigenvalue weighted by Crippen LogP contribution is 2.42. The van der Waals surface area contributed by atoms with Gasteiger partial charge in [0.25, 0.3) is 0 Å². The zero-order chi connectivity index (χ0) is 21.3. The van der Waals surface area contributed by atoms with Gasteiger partial charge in [0.05, 0.1) is 5.56 Å². The van der Waals surface area contributed by atoms with Crippen LogP contribution in [0.2, 0.25) is 5.02 Å². The number of hydrogen-bond donors (Lipinski definition) is 1. The average molecular weight is 417 g/mol. The highest BCUT2D eigenvalue weighted by Gasteiger charge is 2.28. The first-order valence-electron chi connectivity index (χ1n) is 10.3. The lowest BCUT2D eigenvalue weighted by molar-refractivity contribution is 0.0697. The molecule has 30 heavy (non-hydrogen) atoms. The largest absolute Gasteiger partial charge is 0.478 e. The molecule has 0 radical (unpaired) electrons. The van der Waals surface area contributed by atoms with E-state index in [4.69, 9.17) is 16.7 Å². The fourth-order valence-electron chi connectivity index (χ4n) is 4.12. The van der Waals surface area contributed by atoms with Gasteiger partial charge in [0.1, 0.15) is 0 Å². The van der Waals surface area contributed by atoms with Crippen LogP contribution in [0.4, 0.5) is 0 Å². The number of hydrogen-bond acceptors (Lipinski definition) is 1. The third-order valence-electron chi connectivity index (χ3n) is 5.89. The molecule has 0 aliphatic heterocycles. The van der Waals surface area contributed by atoms with Crippen molar-refractivity contribution in [1.82, 2.24) is 0 Å². The van der Waals surface area contributed by atoms with Crippen LogP contribution in [-0.4, -0.2) is 11.1 Å². The minimum absolute atomic E-state index is 0.107. The molecule has 2 aromatic rings. The molecular formula is C27H25ClO2. The number of fused-ring (bicyclic) bond motifs is 1. The highest BCUT2D eigenvalue weighted by atomic mass is 35.5. The Labute approximate surface area is 182 Å². The Balaban J connectivity index is 1.70. The molecule has 0 saturated carbocycles. The van der Waals surface area contributed by atoms with Gasteiger partial charge in [-0.15, -0.1) is 0 Å². The van der Waals surface area contributed by atoms with Crippen LogP contribution >= 0.6 is 11.6 Å². The SMILES string of the molecule is CC1(C)CC=C(C2=CCCC=C2)c2cc(/C=C/c3ccc(C(=O)O)cc3Cl)ccc21. The van der Waals surface area contributed by atoms with E-state index in [0.29, 0.717) is 5.02 Å². The van der Waals surface area contributed by atoms with E-state index in [9.17, 15) is 4.79 Å². The predicted octanol–water partition coefficient (Wildman–Crippen LogP) is 7.55. The lowest BCUT2D eigenvalue weighted by atomic mass is 9.71. The van der Waals surface area contributed by atoms with E-state index in [2.05, 4.69) is 56.4 Å². The normalized spacial score (nSPS) is 17.4. The van der Waals surface area contributed by atoms with Gasteiger partial charge in [-0.1, -0.05) is 80.1 Å². The highest BCUT2D eigenvalue weighted by molar-refractivity contribution is 6.32. The van der Waals surface area contributed by atoms with Crippen molar-refractivity contribution >= 4 is 35.3 Å². The standard InChI is InChI=1S/C27H25ClO2/c1-27(2)15-14-22(19-6-4-3-5-7-19)23-16-18(9-13-24(23)27)8-10-20-11-12-21(26(29)30)17-25(20)28/h4,6-14,16-17H,3,5,15H2,1-2H3,(H,29,30)/b10-8+. The lowest BCUT2D eigenvalue weighted by Gasteiger charge is -2.33. The van der Waals surface area contributed by atoms with Crippen molar-refractivity contribution in [2.45, 2.75) is 38.5 Å². The fourth-order valence-corrected chi connectivity index (χ4v) is 4.37. The molecule has 0 amide bonds. The van der Waals surface area contributed by atoms with Crippen molar-refractivity contribution in [3.8, 4) is 0 Å². The molecule has 0 unspecified atom stereocenters. The molecule has 152 valence electrons. The van der Waals surface area contributed by atoms with E-state index >= 15 is 0 Å². The molecule has 2 aromatic carbocycles. The summed E-state index contributed by atoms with van der Waals surface area (Å²) in [7, 11) is 0. The number of rotatable bonds is 4. The molecule has 2 aliphatic carbocycles. The molecule has 2 aliphatic rings. The van der Waals surface area contributed by atoms with E-state index in [1.807, 2.05) is 12.2 Å². The topological polar surface area (TPSA) is 37.3 Å². The molecule has 4 rings (SSSR count). The fraction of sp³-hybridized carbons (Fsp3) is 0.222. The summed E-state index contributed by atoms with van der Waals surface area (Å²) in [5, 5.41) is 9.54. The summed E-state index contributed by atoms with van der Waals surface area (Å²) in [6.45, 7) is 4.59. The minimum Gasteiger partial charge on any atom is -0.478 e. The van der Waals surface area contributed by atoms with E-state index in [0.717, 1.165) is 30.4 Å². The number of benzene rings is 2. The maximum absolute atomic E-state index is 11.1. The van der Waals surface area contributed by atoms with Gasteiger partial charge in [-0.25, -0.2) is 4.79 Å². The van der Waals surface area contributed by atoms with Crippen LogP contribution in [0, 0.1) is 0 Å². The van der Waals surface area contributed by atoms with Crippen molar-refractivity contribution in [2.75, 3.05) is 0 Å². The summed E-state index contributed by atoms with van der Waals surface area (Å²) in [6, 6.07) is 11.4. The second-order valence-corrected chi connectivity index (χ2v) is 8.93. The van der Waals surface area contributed by atoms with Gasteiger partial charge in [-0.05, 0) is 76.3 Å². The summed E-state index contributed by atoms with van der Waals surface area (Å²) >= 11 is 6.28. The van der Waals surface area contributed by atoms with Crippen LogP contribution in [0.1, 0.15) is 65.7 Å². The first kappa shape index (κ1) is 20.4. The minimum atomic E-state index is -0.977. The quantitative estimate of drug-likeness (QED) is 0.522. The monoisotopic (exact) mass is 416 g/mol. The summed E-state index contributed by atoms with van der Waals surface area (Å²) < 4.78 is 0. The van der Waals surface area contributed by atoms with Crippen LogP contribution in [-0.2, 0) is 5.41 Å². The average Bonchev–Trinajstić information content (AvgIpc) is 2.73. The van der Waals surface area contributed by atoms with Gasteiger partial charge in [0.2, 0.25) is 0 Å². The summed E-state index contributed by atoms with van der Waals surface area (Å²) in [4.78, 5) is 11.1. The molecule has 0 saturated heterocycles. The molecule has 0 bridgehead atoms. The third-order valence-corrected chi connectivity index (χ3v) is 6.22. The maximum atomic E-state index is 11.1. The molecule has 0 spiro atoms. The van der Waals surface area contributed by atoms with Gasteiger partial charge in [0.15, 0.2) is 0 Å². The van der Waals surface area contributed by atoms with E-state index < -0.39 is 5.97 Å². The number of carbonyl (C=O) groups is 1. The zero-order valence-electron chi connectivity index (χ0n) is 17.3. The number of carboxylic acid groups (broad SMARTS) is 1. The maximum Gasteiger partial charge on any atom is 0.335 e. The Morgan fingerprint density at radius 1 is 1.07 bits per heavy atom. The smallest absolute Gasteiger partial charge is 0.335 e. The summed E-state index contributed by atoms with van der Waals surface area (Å²) in [6.07, 6.45) is 16.4. The van der Waals surface area contributed by atoms with Gasteiger partial charge >= 0.3 is 5.97 Å². The van der Waals surface area contributed by atoms with Gasteiger partial charge in [0, 0.05) is 5.02 Å². The molecular weight excluding hydrogens is 392 g/mol. The lowest BCUT2D eigenvalue weighted by Crippen LogP contribution is -2.22. The molecule has 0 aromatic heterocycles. The number of allylic oxidation sites excluding steroid dienone is 6. The van der Waals surface area contributed by atoms with E-state index in [1.165, 1.54) is 28.3 Å². The molecule has 3 heteroatoms. The van der Waals surface area contributed by atoms with Crippen LogP contribution in [0.3, 0.4) is 0 Å². The first-order valence-corrected chi connectivity index (χ1v) is 10.7. The van der Waals surface area contributed by atoms with E-state index in [1.54, 1.807) is 12.1 Å². The van der Waals surface area contributed by atoms with Crippen LogP contribution in [0.25, 0.3) is 17.7 Å². The van der Waals surface area contributed by atoms with Gasteiger partial charge in [-0.2, -0.15) is 0 Å². The summed E-state index contributed by atoms with van der Waals surface area (Å²) in [5.41, 5.74) is 7.49. The number of carboxylic acids is 1.